The normalized spacial score (nSPS) is 25.0. The van der Waals surface area contributed by atoms with E-state index < -0.39 is 17.9 Å². The number of benzene rings is 1. The van der Waals surface area contributed by atoms with Gasteiger partial charge in [-0.05, 0) is 32.4 Å². The van der Waals surface area contributed by atoms with Crippen LogP contribution in [0.2, 0.25) is 0 Å². The van der Waals surface area contributed by atoms with Crippen molar-refractivity contribution in [2.75, 3.05) is 12.4 Å². The minimum Gasteiger partial charge on any atom is -0.459 e. The SMILES string of the molecule is C[C@H](NC(=O)COC(=O)[C@@H]1CS[C@@]2(C)CCC(=O)N12)c1cc2ccccc2o1. The monoisotopic (exact) mass is 402 g/mol. The zero-order chi connectivity index (χ0) is 19.9. The van der Waals surface area contributed by atoms with Crippen LogP contribution in [-0.4, -0.2) is 46.0 Å². The van der Waals surface area contributed by atoms with E-state index in [-0.39, 0.29) is 23.4 Å². The molecule has 2 aromatic rings. The zero-order valence-electron chi connectivity index (χ0n) is 15.8. The lowest BCUT2D eigenvalue weighted by molar-refractivity contribution is -0.156. The van der Waals surface area contributed by atoms with Crippen LogP contribution < -0.4 is 5.32 Å². The van der Waals surface area contributed by atoms with Crippen molar-refractivity contribution in [3.63, 3.8) is 0 Å². The topological polar surface area (TPSA) is 88.8 Å². The molecule has 1 aromatic carbocycles. The van der Waals surface area contributed by atoms with E-state index >= 15 is 0 Å². The van der Waals surface area contributed by atoms with E-state index in [0.29, 0.717) is 17.9 Å². The molecule has 1 aromatic heterocycles. The van der Waals surface area contributed by atoms with Crippen molar-refractivity contribution in [2.45, 2.75) is 43.6 Å². The summed E-state index contributed by atoms with van der Waals surface area (Å²) < 4.78 is 10.9. The smallest absolute Gasteiger partial charge is 0.330 e. The van der Waals surface area contributed by atoms with Crippen molar-refractivity contribution in [2.24, 2.45) is 0 Å². The number of rotatable bonds is 5. The molecule has 148 valence electrons. The lowest BCUT2D eigenvalue weighted by Gasteiger charge is -2.29. The van der Waals surface area contributed by atoms with Crippen LogP contribution in [0.15, 0.2) is 34.7 Å². The van der Waals surface area contributed by atoms with E-state index in [9.17, 15) is 14.4 Å². The molecule has 3 atom stereocenters. The molecule has 3 heterocycles. The molecule has 1 N–H and O–H groups in total. The number of nitrogens with one attached hydrogen (secondary N) is 1. The number of carbonyl (C=O) groups is 3. The number of fused-ring (bicyclic) bond motifs is 2. The maximum atomic E-state index is 12.4. The predicted octanol–water partition coefficient (Wildman–Crippen LogP) is 2.61. The van der Waals surface area contributed by atoms with Gasteiger partial charge in [-0.2, -0.15) is 0 Å². The molecule has 0 aliphatic carbocycles. The third kappa shape index (κ3) is 3.37. The standard InChI is InChI=1S/C20H22N2O5S/c1-12(16-9-13-5-3-4-6-15(13)27-16)21-17(23)10-26-19(25)14-11-28-20(2)8-7-18(24)22(14)20/h3-6,9,12,14H,7-8,10-11H2,1-2H3,(H,21,23)/t12-,14-,20-/m0/s1. The average Bonchev–Trinajstić information content (AvgIpc) is 3.33. The molecule has 8 heteroatoms. The number of thioether (sulfide) groups is 1. The Morgan fingerprint density at radius 3 is 3.00 bits per heavy atom. The fourth-order valence-electron chi connectivity index (χ4n) is 3.80. The molecule has 2 amide bonds. The summed E-state index contributed by atoms with van der Waals surface area (Å²) in [7, 11) is 0. The Kier molecular flexibility index (Phi) is 4.82. The van der Waals surface area contributed by atoms with Gasteiger partial charge in [-0.1, -0.05) is 18.2 Å². The van der Waals surface area contributed by atoms with Crippen molar-refractivity contribution in [1.29, 1.82) is 0 Å². The predicted molar refractivity (Wildman–Crippen MR) is 104 cm³/mol. The number of amides is 2. The molecule has 2 fully saturated rings. The highest BCUT2D eigenvalue weighted by molar-refractivity contribution is 8.01. The molecule has 0 bridgehead atoms. The molecule has 7 nitrogen and oxygen atoms in total. The fourth-order valence-corrected chi connectivity index (χ4v) is 5.21. The van der Waals surface area contributed by atoms with Crippen molar-refractivity contribution in [1.82, 2.24) is 10.2 Å². The highest BCUT2D eigenvalue weighted by Crippen LogP contribution is 2.47. The third-order valence-corrected chi connectivity index (χ3v) is 6.82. The van der Waals surface area contributed by atoms with Gasteiger partial charge >= 0.3 is 5.97 Å². The number of esters is 1. The molecule has 0 radical (unpaired) electrons. The highest BCUT2D eigenvalue weighted by atomic mass is 32.2. The van der Waals surface area contributed by atoms with Crippen LogP contribution in [0.4, 0.5) is 0 Å². The molecule has 0 unspecified atom stereocenters. The van der Waals surface area contributed by atoms with Crippen LogP contribution in [0.1, 0.15) is 38.5 Å². The number of hydrogen-bond acceptors (Lipinski definition) is 6. The van der Waals surface area contributed by atoms with Crippen LogP contribution in [-0.2, 0) is 19.1 Å². The fraction of sp³-hybridized carbons (Fsp3) is 0.450. The molecule has 28 heavy (non-hydrogen) atoms. The maximum absolute atomic E-state index is 12.4. The molecular formula is C20H22N2O5S. The van der Waals surface area contributed by atoms with Gasteiger partial charge in [-0.15, -0.1) is 11.8 Å². The van der Waals surface area contributed by atoms with Crippen LogP contribution in [0, 0.1) is 0 Å². The minimum absolute atomic E-state index is 0.0302. The van der Waals surface area contributed by atoms with Gasteiger partial charge in [0.15, 0.2) is 6.61 Å². The summed E-state index contributed by atoms with van der Waals surface area (Å²) in [4.78, 5) is 38.0. The summed E-state index contributed by atoms with van der Waals surface area (Å²) in [5.41, 5.74) is 0.752. The van der Waals surface area contributed by atoms with E-state index in [1.807, 2.05) is 37.3 Å². The Labute approximate surface area is 166 Å². The molecule has 4 rings (SSSR count). The Bertz CT molecular complexity index is 909. The number of para-hydroxylation sites is 1. The number of hydrogen-bond donors (Lipinski definition) is 1. The summed E-state index contributed by atoms with van der Waals surface area (Å²) >= 11 is 1.59. The summed E-state index contributed by atoms with van der Waals surface area (Å²) in [5.74, 6) is 0.155. The Morgan fingerprint density at radius 1 is 1.43 bits per heavy atom. The van der Waals surface area contributed by atoms with Gasteiger partial charge in [-0.3, -0.25) is 9.59 Å². The average molecular weight is 402 g/mol. The molecule has 2 aliphatic heterocycles. The first-order valence-electron chi connectivity index (χ1n) is 9.28. The Balaban J connectivity index is 1.31. The van der Waals surface area contributed by atoms with Gasteiger partial charge < -0.3 is 19.4 Å². The molecule has 2 saturated heterocycles. The summed E-state index contributed by atoms with van der Waals surface area (Å²) in [6, 6.07) is 8.50. The largest absolute Gasteiger partial charge is 0.459 e. The highest BCUT2D eigenvalue weighted by Gasteiger charge is 2.53. The molecule has 0 spiro atoms. The number of carbonyl (C=O) groups excluding carboxylic acids is 3. The Hall–Kier alpha value is -2.48. The number of ether oxygens (including phenoxy) is 1. The molecule has 2 aliphatic rings. The van der Waals surface area contributed by atoms with Crippen LogP contribution in [0.5, 0.6) is 0 Å². The van der Waals surface area contributed by atoms with Crippen LogP contribution >= 0.6 is 11.8 Å². The number of furan rings is 1. The van der Waals surface area contributed by atoms with E-state index in [2.05, 4.69) is 5.32 Å². The van der Waals surface area contributed by atoms with Crippen LogP contribution in [0.25, 0.3) is 11.0 Å². The van der Waals surface area contributed by atoms with E-state index in [4.69, 9.17) is 9.15 Å². The van der Waals surface area contributed by atoms with E-state index in [0.717, 1.165) is 17.4 Å². The van der Waals surface area contributed by atoms with Crippen LogP contribution in [0.3, 0.4) is 0 Å². The van der Waals surface area contributed by atoms with Gasteiger partial charge in [0.25, 0.3) is 5.91 Å². The second-order valence-electron chi connectivity index (χ2n) is 7.35. The quantitative estimate of drug-likeness (QED) is 0.774. The van der Waals surface area contributed by atoms with Crippen molar-refractivity contribution in [3.8, 4) is 0 Å². The van der Waals surface area contributed by atoms with Gasteiger partial charge in [0.1, 0.15) is 17.4 Å². The first-order chi connectivity index (χ1) is 13.4. The second-order valence-corrected chi connectivity index (χ2v) is 8.85. The van der Waals surface area contributed by atoms with E-state index in [1.165, 1.54) is 0 Å². The minimum atomic E-state index is -0.620. The van der Waals surface area contributed by atoms with Crippen molar-refractivity contribution < 1.29 is 23.5 Å². The zero-order valence-corrected chi connectivity index (χ0v) is 16.6. The second kappa shape index (κ2) is 7.16. The van der Waals surface area contributed by atoms with Gasteiger partial charge in [0, 0.05) is 17.6 Å². The van der Waals surface area contributed by atoms with Crippen molar-refractivity contribution >= 4 is 40.5 Å². The number of nitrogens with zero attached hydrogens (tertiary/aromatic N) is 1. The lowest BCUT2D eigenvalue weighted by atomic mass is 10.2. The first kappa shape index (κ1) is 18.9. The Morgan fingerprint density at radius 2 is 2.21 bits per heavy atom. The summed E-state index contributed by atoms with van der Waals surface area (Å²) in [6.07, 6.45) is 1.18. The van der Waals surface area contributed by atoms with E-state index in [1.54, 1.807) is 23.6 Å². The summed E-state index contributed by atoms with van der Waals surface area (Å²) in [5, 5.41) is 3.73. The van der Waals surface area contributed by atoms with Gasteiger partial charge in [0.2, 0.25) is 5.91 Å². The lowest BCUT2D eigenvalue weighted by Crippen LogP contribution is -2.47. The third-order valence-electron chi connectivity index (χ3n) is 5.31. The molecule has 0 saturated carbocycles. The molecular weight excluding hydrogens is 380 g/mol. The van der Waals surface area contributed by atoms with Crippen molar-refractivity contribution in [3.05, 3.63) is 36.1 Å². The maximum Gasteiger partial charge on any atom is 0.330 e. The summed E-state index contributed by atoms with van der Waals surface area (Å²) in [6.45, 7) is 3.39. The van der Waals surface area contributed by atoms with Gasteiger partial charge in [0.05, 0.1) is 10.9 Å². The first-order valence-corrected chi connectivity index (χ1v) is 10.3. The van der Waals surface area contributed by atoms with Gasteiger partial charge in [-0.25, -0.2) is 4.79 Å².